The van der Waals surface area contributed by atoms with E-state index in [1.165, 1.54) is 76.5 Å². The summed E-state index contributed by atoms with van der Waals surface area (Å²) in [6.07, 6.45) is 0. The fourth-order valence-corrected chi connectivity index (χ4v) is 18.4. The molecule has 0 bridgehead atoms. The Morgan fingerprint density at radius 1 is 0.252 bits per heavy atom. The first-order valence-corrected chi connectivity index (χ1v) is 38.9. The summed E-state index contributed by atoms with van der Waals surface area (Å²) in [5, 5.41) is 9.41. The van der Waals surface area contributed by atoms with Crippen molar-refractivity contribution in [1.29, 1.82) is 0 Å². The molecule has 0 saturated heterocycles. The highest BCUT2D eigenvalue weighted by Gasteiger charge is 2.47. The molecule has 21 rings (SSSR count). The average Bonchev–Trinajstić information content (AvgIpc) is 1.23. The quantitative estimate of drug-likeness (QED) is 0.101. The highest BCUT2D eigenvalue weighted by molar-refractivity contribution is 7.00. The number of nitrogens with zero attached hydrogens (tertiary/aromatic N) is 3. The van der Waals surface area contributed by atoms with Crippen molar-refractivity contribution in [2.45, 2.75) is 52.4 Å². The van der Waals surface area contributed by atoms with Gasteiger partial charge in [0.1, 0.15) is 11.2 Å². The Morgan fingerprint density at radius 2 is 0.622 bits per heavy atom. The van der Waals surface area contributed by atoms with Gasteiger partial charge in [-0.15, -0.1) is 0 Å². The first kappa shape index (κ1) is 65.8. The Bertz CT molecular complexity index is 6730. The van der Waals surface area contributed by atoms with Gasteiger partial charge in [-0.1, -0.05) is 327 Å². The molecular formula is C106H78BN3O. The fraction of sp³-hybridized carbons (Fsp3) is 0.0755. The molecule has 19 aromatic rings. The van der Waals surface area contributed by atoms with Gasteiger partial charge >= 0.3 is 0 Å². The summed E-state index contributed by atoms with van der Waals surface area (Å²) in [6, 6.07) is 137. The van der Waals surface area contributed by atoms with Crippen molar-refractivity contribution >= 4 is 123 Å². The van der Waals surface area contributed by atoms with Crippen LogP contribution in [0.3, 0.4) is 0 Å². The van der Waals surface area contributed by atoms with Crippen LogP contribution >= 0.6 is 0 Å². The lowest BCUT2D eigenvalue weighted by atomic mass is 9.33. The lowest BCUT2D eigenvalue weighted by Gasteiger charge is -2.46. The van der Waals surface area contributed by atoms with E-state index in [1.807, 2.05) is 0 Å². The van der Waals surface area contributed by atoms with E-state index >= 15 is 0 Å². The van der Waals surface area contributed by atoms with Crippen molar-refractivity contribution in [3.63, 3.8) is 0 Å². The van der Waals surface area contributed by atoms with Crippen molar-refractivity contribution < 1.29 is 4.42 Å². The molecule has 2 aliphatic rings. The van der Waals surface area contributed by atoms with Crippen molar-refractivity contribution in [3.05, 3.63) is 375 Å². The number of fused-ring (bicyclic) bond motifs is 12. The summed E-state index contributed by atoms with van der Waals surface area (Å²) in [4.78, 5) is 5.45. The summed E-state index contributed by atoms with van der Waals surface area (Å²) in [7, 11) is 0. The van der Waals surface area contributed by atoms with E-state index in [0.29, 0.717) is 0 Å². The van der Waals surface area contributed by atoms with Crippen LogP contribution in [-0.2, 0) is 10.8 Å². The third-order valence-corrected chi connectivity index (χ3v) is 23.6. The van der Waals surface area contributed by atoms with Crippen LogP contribution in [0, 0.1) is 0 Å². The molecule has 0 spiro atoms. The standard InChI is InChI=1S/C106H78BN3O/c1-105(2,3)75-61-85(67-32-12-7-13-33-67)103(86(62-75)68-34-14-8-15-35-68)109-94-56-53-73(72-54-57-99-89(58-72)80-44-28-31-51-98(80)111-99)59-91(94)107-90-55-52-74(101-83-47-24-22-45-81(83)100(71-40-20-11-21-41-71)82-46-23-25-48-84(82)101)60-95(90)110(97-66-77(65-96(109)102(97)107)108-92-49-29-26-42-78(92)79-43-27-30-50-93(79)108)104-87(69-36-16-9-17-37-69)63-76(106(4,5)6)64-88(104)70-38-18-10-19-39-70/h7-66H,1-6H3. The molecule has 4 heterocycles. The zero-order chi connectivity index (χ0) is 74.4. The van der Waals surface area contributed by atoms with Gasteiger partial charge in [-0.25, -0.2) is 0 Å². The fourth-order valence-electron chi connectivity index (χ4n) is 18.4. The number of aromatic nitrogens is 1. The predicted molar refractivity (Wildman–Crippen MR) is 473 cm³/mol. The molecule has 0 fully saturated rings. The van der Waals surface area contributed by atoms with Crippen LogP contribution in [0.15, 0.2) is 368 Å². The Labute approximate surface area is 648 Å². The van der Waals surface area contributed by atoms with Crippen LogP contribution in [0.4, 0.5) is 34.1 Å². The lowest BCUT2D eigenvalue weighted by Crippen LogP contribution is -2.61. The van der Waals surface area contributed by atoms with Crippen LogP contribution in [-0.4, -0.2) is 11.3 Å². The monoisotopic (exact) mass is 1420 g/mol. The minimum atomic E-state index is -0.329. The predicted octanol–water partition coefficient (Wildman–Crippen LogP) is 27.3. The van der Waals surface area contributed by atoms with E-state index in [4.69, 9.17) is 4.42 Å². The summed E-state index contributed by atoms with van der Waals surface area (Å²) in [5.74, 6) is 0. The maximum atomic E-state index is 6.58. The summed E-state index contributed by atoms with van der Waals surface area (Å²) in [6.45, 7) is 13.8. The third kappa shape index (κ3) is 10.7. The Balaban J connectivity index is 0.970. The Morgan fingerprint density at radius 3 is 1.09 bits per heavy atom. The zero-order valence-electron chi connectivity index (χ0n) is 63.0. The number of benzene rings is 17. The molecule has 5 heteroatoms. The van der Waals surface area contributed by atoms with Gasteiger partial charge in [0.15, 0.2) is 0 Å². The summed E-state index contributed by atoms with van der Waals surface area (Å²) < 4.78 is 9.14. The second kappa shape index (κ2) is 25.6. The minimum Gasteiger partial charge on any atom is -0.456 e. The van der Waals surface area contributed by atoms with Crippen molar-refractivity contribution in [3.8, 4) is 83.6 Å². The van der Waals surface area contributed by atoms with Gasteiger partial charge in [-0.2, -0.15) is 0 Å². The molecule has 0 atom stereocenters. The third-order valence-electron chi connectivity index (χ3n) is 23.6. The minimum absolute atomic E-state index is 0.219. The molecule has 4 nitrogen and oxygen atoms in total. The first-order valence-electron chi connectivity index (χ1n) is 38.9. The van der Waals surface area contributed by atoms with Gasteiger partial charge in [0, 0.05) is 66.5 Å². The maximum Gasteiger partial charge on any atom is 0.252 e. The second-order valence-electron chi connectivity index (χ2n) is 32.2. The van der Waals surface area contributed by atoms with Crippen molar-refractivity contribution in [1.82, 2.24) is 4.57 Å². The van der Waals surface area contributed by atoms with Crippen molar-refractivity contribution in [2.75, 3.05) is 9.80 Å². The highest BCUT2D eigenvalue weighted by Crippen LogP contribution is 2.57. The van der Waals surface area contributed by atoms with Gasteiger partial charge in [-0.05, 0) is 194 Å². The van der Waals surface area contributed by atoms with Gasteiger partial charge in [0.25, 0.3) is 6.71 Å². The molecule has 0 saturated carbocycles. The van der Waals surface area contributed by atoms with Gasteiger partial charge in [-0.3, -0.25) is 0 Å². The smallest absolute Gasteiger partial charge is 0.252 e. The van der Waals surface area contributed by atoms with Crippen LogP contribution in [0.1, 0.15) is 52.7 Å². The summed E-state index contributed by atoms with van der Waals surface area (Å²) >= 11 is 0. The SMILES string of the molecule is CC(C)(C)c1cc(-c2ccccc2)c(N2c3ccc(-c4ccc5oc6ccccc6c5c4)cc3B3c4ccc(-c5c6ccccc6c(-c6ccccc6)c6ccccc56)cc4N(c4c(-c5ccccc5)cc(C(C)(C)C)cc4-c4ccccc4)c4cc(-n5c6ccccc6c6ccccc65)cc2c43)c(-c2ccccc2)c1. The van der Waals surface area contributed by atoms with E-state index < -0.39 is 0 Å². The van der Waals surface area contributed by atoms with E-state index in [0.717, 1.165) is 134 Å². The molecule has 2 aliphatic heterocycles. The second-order valence-corrected chi connectivity index (χ2v) is 32.2. The Kier molecular flexibility index (Phi) is 15.2. The largest absolute Gasteiger partial charge is 0.456 e. The number of hydrogen-bond donors (Lipinski definition) is 0. The molecule has 0 unspecified atom stereocenters. The molecule has 526 valence electrons. The van der Waals surface area contributed by atoms with E-state index in [2.05, 4.69) is 420 Å². The van der Waals surface area contributed by atoms with E-state index in [-0.39, 0.29) is 17.5 Å². The van der Waals surface area contributed by atoms with Crippen LogP contribution < -0.4 is 26.2 Å². The lowest BCUT2D eigenvalue weighted by molar-refractivity contribution is 0.590. The van der Waals surface area contributed by atoms with Crippen LogP contribution in [0.5, 0.6) is 0 Å². The van der Waals surface area contributed by atoms with Gasteiger partial charge in [0.05, 0.1) is 28.1 Å². The summed E-state index contributed by atoms with van der Waals surface area (Å²) in [5.41, 5.74) is 33.5. The topological polar surface area (TPSA) is 24.6 Å². The molecule has 0 amide bonds. The van der Waals surface area contributed by atoms with Crippen LogP contribution in [0.25, 0.3) is 149 Å². The number of hydrogen-bond acceptors (Lipinski definition) is 3. The van der Waals surface area contributed by atoms with E-state index in [1.54, 1.807) is 0 Å². The van der Waals surface area contributed by atoms with Crippen molar-refractivity contribution in [2.24, 2.45) is 0 Å². The zero-order valence-corrected chi connectivity index (χ0v) is 63.0. The normalized spacial score (nSPS) is 12.7. The number of furan rings is 1. The molecule has 111 heavy (non-hydrogen) atoms. The van der Waals surface area contributed by atoms with Gasteiger partial charge in [0.2, 0.25) is 0 Å². The Hall–Kier alpha value is -13.5. The molecular weight excluding hydrogens is 1340 g/mol. The molecule has 2 aromatic heterocycles. The van der Waals surface area contributed by atoms with Crippen LogP contribution in [0.2, 0.25) is 0 Å². The highest BCUT2D eigenvalue weighted by atomic mass is 16.3. The molecule has 17 aromatic carbocycles. The average molecular weight is 1420 g/mol. The molecule has 0 radical (unpaired) electrons. The number of para-hydroxylation sites is 3. The number of rotatable bonds is 10. The van der Waals surface area contributed by atoms with E-state index in [9.17, 15) is 0 Å². The van der Waals surface area contributed by atoms with Gasteiger partial charge < -0.3 is 18.8 Å². The molecule has 0 aliphatic carbocycles. The first-order chi connectivity index (χ1) is 54.4. The molecule has 0 N–H and O–H groups in total. The number of anilines is 6. The maximum absolute atomic E-state index is 6.58.